The van der Waals surface area contributed by atoms with Crippen LogP contribution in [0.5, 0.6) is 0 Å². The number of benzene rings is 1. The topological polar surface area (TPSA) is 104 Å². The Morgan fingerprint density at radius 3 is 2.10 bits per heavy atom. The van der Waals surface area contributed by atoms with Crippen molar-refractivity contribution in [3.8, 4) is 18.2 Å². The molecule has 0 saturated heterocycles. The van der Waals surface area contributed by atoms with Crippen molar-refractivity contribution in [1.82, 2.24) is 4.90 Å². The summed E-state index contributed by atoms with van der Waals surface area (Å²) in [6.45, 7) is 0. The second-order valence-electron chi connectivity index (χ2n) is 4.37. The molecule has 0 aliphatic rings. The maximum absolute atomic E-state index is 11.6. The molecule has 0 aliphatic heterocycles. The van der Waals surface area contributed by atoms with Gasteiger partial charge in [-0.25, -0.2) is 0 Å². The number of nitrogens with one attached hydrogen (secondary N) is 1. The molecule has 0 atom stereocenters. The number of nitriles is 3. The number of carbonyl (C=O) groups is 1. The highest BCUT2D eigenvalue weighted by Crippen LogP contribution is 2.14. The predicted molar refractivity (Wildman–Crippen MR) is 76.3 cm³/mol. The van der Waals surface area contributed by atoms with Gasteiger partial charge in [-0.15, -0.1) is 0 Å². The Balaban J connectivity index is 2.88. The fourth-order valence-corrected chi connectivity index (χ4v) is 1.47. The van der Waals surface area contributed by atoms with Crippen LogP contribution in [-0.2, 0) is 11.2 Å². The molecule has 1 aromatic rings. The van der Waals surface area contributed by atoms with Crippen LogP contribution < -0.4 is 5.32 Å². The molecule has 0 radical (unpaired) electrons. The van der Waals surface area contributed by atoms with Crippen LogP contribution >= 0.6 is 0 Å². The molecule has 6 heteroatoms. The van der Waals surface area contributed by atoms with E-state index in [2.05, 4.69) is 5.32 Å². The fraction of sp³-hybridized carbons (Fsp3) is 0.200. The fourth-order valence-electron chi connectivity index (χ4n) is 1.47. The van der Waals surface area contributed by atoms with Crippen molar-refractivity contribution in [3.05, 3.63) is 41.1 Å². The number of allylic oxidation sites excluding steroid dienone is 2. The predicted octanol–water partition coefficient (Wildman–Crippen LogP) is 1.55. The molecule has 0 aliphatic carbocycles. The van der Waals surface area contributed by atoms with Crippen LogP contribution in [-0.4, -0.2) is 24.9 Å². The number of carbonyl (C=O) groups excluding carboxylic acids is 1. The third-order valence-electron chi connectivity index (χ3n) is 2.66. The third kappa shape index (κ3) is 4.38. The van der Waals surface area contributed by atoms with Crippen molar-refractivity contribution in [2.45, 2.75) is 6.42 Å². The number of hydrogen-bond acceptors (Lipinski definition) is 5. The molecule has 0 unspecified atom stereocenters. The lowest BCUT2D eigenvalue weighted by atomic mass is 10.1. The highest BCUT2D eigenvalue weighted by Gasteiger charge is 2.08. The molecule has 1 rings (SSSR count). The molecular formula is C15H13N5O. The molecule has 0 spiro atoms. The van der Waals surface area contributed by atoms with E-state index in [1.165, 1.54) is 4.90 Å². The van der Waals surface area contributed by atoms with Crippen LogP contribution in [0.4, 0.5) is 5.69 Å². The number of likely N-dealkylation sites (N-methyl/N-ethyl adjacent to an activating group) is 1. The lowest BCUT2D eigenvalue weighted by Crippen LogP contribution is -2.23. The first kappa shape index (κ1) is 15.8. The lowest BCUT2D eigenvalue weighted by molar-refractivity contribution is -0.127. The SMILES string of the molecule is CN(C)C(=O)Cc1ccc(NC(C#N)=C(C#N)C#N)cc1. The quantitative estimate of drug-likeness (QED) is 0.842. The lowest BCUT2D eigenvalue weighted by Gasteiger charge is -2.10. The second-order valence-corrected chi connectivity index (χ2v) is 4.37. The number of amides is 1. The monoisotopic (exact) mass is 279 g/mol. The van der Waals surface area contributed by atoms with E-state index in [0.29, 0.717) is 5.69 Å². The van der Waals surface area contributed by atoms with Crippen LogP contribution in [0.25, 0.3) is 0 Å². The van der Waals surface area contributed by atoms with E-state index >= 15 is 0 Å². The number of anilines is 1. The van der Waals surface area contributed by atoms with Gasteiger partial charge in [0.2, 0.25) is 5.91 Å². The van der Waals surface area contributed by atoms with E-state index in [0.717, 1.165) is 5.56 Å². The molecule has 1 amide bonds. The summed E-state index contributed by atoms with van der Waals surface area (Å²) in [4.78, 5) is 13.1. The maximum atomic E-state index is 11.6. The first-order valence-electron chi connectivity index (χ1n) is 6.02. The molecule has 104 valence electrons. The van der Waals surface area contributed by atoms with Crippen LogP contribution in [0.1, 0.15) is 5.56 Å². The van der Waals surface area contributed by atoms with Gasteiger partial charge in [-0.3, -0.25) is 4.79 Å². The first-order chi connectivity index (χ1) is 10.0. The molecule has 0 fully saturated rings. The van der Waals surface area contributed by atoms with Gasteiger partial charge in [0.25, 0.3) is 0 Å². The van der Waals surface area contributed by atoms with E-state index in [9.17, 15) is 4.79 Å². The molecule has 0 bridgehead atoms. The van der Waals surface area contributed by atoms with Crippen molar-refractivity contribution in [3.63, 3.8) is 0 Å². The third-order valence-corrected chi connectivity index (χ3v) is 2.66. The van der Waals surface area contributed by atoms with E-state index in [4.69, 9.17) is 15.8 Å². The van der Waals surface area contributed by atoms with Gasteiger partial charge in [-0.2, -0.15) is 15.8 Å². The van der Waals surface area contributed by atoms with Crippen molar-refractivity contribution in [2.24, 2.45) is 0 Å². The summed E-state index contributed by atoms with van der Waals surface area (Å²) in [5.74, 6) is -0.00966. The zero-order valence-corrected chi connectivity index (χ0v) is 11.7. The zero-order valence-electron chi connectivity index (χ0n) is 11.7. The minimum Gasteiger partial charge on any atom is -0.349 e. The molecule has 1 N–H and O–H groups in total. The maximum Gasteiger partial charge on any atom is 0.226 e. The van der Waals surface area contributed by atoms with Gasteiger partial charge < -0.3 is 10.2 Å². The Labute approximate surface area is 123 Å². The van der Waals surface area contributed by atoms with Crippen molar-refractivity contribution < 1.29 is 4.79 Å². The highest BCUT2D eigenvalue weighted by molar-refractivity contribution is 5.78. The van der Waals surface area contributed by atoms with Gasteiger partial charge in [-0.1, -0.05) is 12.1 Å². The van der Waals surface area contributed by atoms with E-state index in [1.807, 2.05) is 0 Å². The van der Waals surface area contributed by atoms with E-state index in [-0.39, 0.29) is 23.6 Å². The van der Waals surface area contributed by atoms with E-state index < -0.39 is 0 Å². The van der Waals surface area contributed by atoms with Crippen LogP contribution in [0.2, 0.25) is 0 Å². The average Bonchev–Trinajstić information content (AvgIpc) is 2.48. The largest absolute Gasteiger partial charge is 0.349 e. The molecule has 1 aromatic carbocycles. The number of nitrogens with zero attached hydrogens (tertiary/aromatic N) is 4. The summed E-state index contributed by atoms with van der Waals surface area (Å²) in [5.41, 5.74) is 1.03. The summed E-state index contributed by atoms with van der Waals surface area (Å²) in [5, 5.41) is 29.1. The van der Waals surface area contributed by atoms with Crippen molar-refractivity contribution in [2.75, 3.05) is 19.4 Å². The smallest absolute Gasteiger partial charge is 0.226 e. The summed E-state index contributed by atoms with van der Waals surface area (Å²) < 4.78 is 0. The van der Waals surface area contributed by atoms with Gasteiger partial charge in [0.15, 0.2) is 5.57 Å². The summed E-state index contributed by atoms with van der Waals surface area (Å²) in [6.07, 6.45) is 0.288. The Morgan fingerprint density at radius 2 is 1.67 bits per heavy atom. The standard InChI is InChI=1S/C15H13N5O/c1-20(2)15(21)7-11-3-5-13(6-4-11)19-14(10-18)12(8-16)9-17/h3-6,19H,7H2,1-2H3. The molecule has 21 heavy (non-hydrogen) atoms. The van der Waals surface area contributed by atoms with Crippen LogP contribution in [0, 0.1) is 34.0 Å². The Morgan fingerprint density at radius 1 is 1.10 bits per heavy atom. The number of rotatable bonds is 4. The van der Waals surface area contributed by atoms with Gasteiger partial charge in [-0.05, 0) is 17.7 Å². The Kier molecular flexibility index (Phi) is 5.50. The van der Waals surface area contributed by atoms with Crippen molar-refractivity contribution in [1.29, 1.82) is 15.8 Å². The zero-order chi connectivity index (χ0) is 15.8. The Bertz CT molecular complexity index is 665. The Hall–Kier alpha value is -3.30. The molecule has 0 aromatic heterocycles. The van der Waals surface area contributed by atoms with Crippen LogP contribution in [0.15, 0.2) is 35.5 Å². The van der Waals surface area contributed by atoms with Gasteiger partial charge >= 0.3 is 0 Å². The first-order valence-corrected chi connectivity index (χ1v) is 6.02. The molecule has 6 nitrogen and oxygen atoms in total. The minimum absolute atomic E-state index is 0.00966. The molecule has 0 saturated carbocycles. The molecule has 0 heterocycles. The van der Waals surface area contributed by atoms with Crippen molar-refractivity contribution >= 4 is 11.6 Å². The normalized spacial score (nSPS) is 8.71. The minimum atomic E-state index is -0.274. The average molecular weight is 279 g/mol. The van der Waals surface area contributed by atoms with Gasteiger partial charge in [0.1, 0.15) is 23.9 Å². The van der Waals surface area contributed by atoms with Gasteiger partial charge in [0, 0.05) is 19.8 Å². The second kappa shape index (κ2) is 7.33. The summed E-state index contributed by atoms with van der Waals surface area (Å²) >= 11 is 0. The molecular weight excluding hydrogens is 266 g/mol. The highest BCUT2D eigenvalue weighted by atomic mass is 16.2. The van der Waals surface area contributed by atoms with Crippen LogP contribution in [0.3, 0.4) is 0 Å². The van der Waals surface area contributed by atoms with E-state index in [1.54, 1.807) is 56.6 Å². The van der Waals surface area contributed by atoms with Gasteiger partial charge in [0.05, 0.1) is 6.42 Å². The number of hydrogen-bond donors (Lipinski definition) is 1. The summed E-state index contributed by atoms with van der Waals surface area (Å²) in [6, 6.07) is 11.9. The summed E-state index contributed by atoms with van der Waals surface area (Å²) in [7, 11) is 3.38.